The van der Waals surface area contributed by atoms with Crippen LogP contribution >= 0.6 is 0 Å². The molecule has 1 fully saturated rings. The molecule has 0 saturated carbocycles. The van der Waals surface area contributed by atoms with E-state index in [0.29, 0.717) is 24.7 Å². The van der Waals surface area contributed by atoms with Gasteiger partial charge in [-0.1, -0.05) is 12.1 Å². The highest BCUT2D eigenvalue weighted by Gasteiger charge is 2.36. The lowest BCUT2D eigenvalue weighted by molar-refractivity contribution is 0.0378. The number of likely N-dealkylation sites (N-methyl/N-ethyl adjacent to an activating group) is 1. The molecule has 0 spiro atoms. The maximum Gasteiger partial charge on any atom is 0.338 e. The van der Waals surface area contributed by atoms with Gasteiger partial charge in [-0.05, 0) is 77.5 Å². The van der Waals surface area contributed by atoms with Gasteiger partial charge >= 0.3 is 5.97 Å². The maximum atomic E-state index is 12.3. The number of piperidine rings is 1. The Balaban J connectivity index is 1.77. The van der Waals surface area contributed by atoms with E-state index in [0.717, 1.165) is 47.8 Å². The van der Waals surface area contributed by atoms with Gasteiger partial charge in [-0.2, -0.15) is 0 Å². The van der Waals surface area contributed by atoms with Gasteiger partial charge in [0.2, 0.25) is 0 Å². The summed E-state index contributed by atoms with van der Waals surface area (Å²) in [5, 5.41) is 0. The van der Waals surface area contributed by atoms with Crippen molar-refractivity contribution in [3.05, 3.63) is 58.7 Å². The summed E-state index contributed by atoms with van der Waals surface area (Å²) in [6.45, 7) is 10.8. The third kappa shape index (κ3) is 4.91. The van der Waals surface area contributed by atoms with Gasteiger partial charge in [-0.3, -0.25) is 4.99 Å². The van der Waals surface area contributed by atoms with Crippen LogP contribution < -0.4 is 9.47 Å². The molecular formula is C27H34N2O4. The molecule has 0 radical (unpaired) electrons. The molecule has 2 heterocycles. The van der Waals surface area contributed by atoms with E-state index in [-0.39, 0.29) is 18.1 Å². The van der Waals surface area contributed by atoms with Crippen molar-refractivity contribution in [1.29, 1.82) is 0 Å². The lowest BCUT2D eigenvalue weighted by Gasteiger charge is -2.39. The van der Waals surface area contributed by atoms with Crippen molar-refractivity contribution >= 4 is 11.7 Å². The number of carbonyl (C=O) groups excluding carboxylic acids is 1. The van der Waals surface area contributed by atoms with E-state index in [1.165, 1.54) is 5.56 Å². The first-order valence-corrected chi connectivity index (χ1v) is 11.9. The Morgan fingerprint density at radius 2 is 1.76 bits per heavy atom. The first kappa shape index (κ1) is 23.3. The summed E-state index contributed by atoms with van der Waals surface area (Å²) in [6.07, 6.45) is 0.866. The maximum absolute atomic E-state index is 12.3. The van der Waals surface area contributed by atoms with E-state index in [1.807, 2.05) is 52.0 Å². The zero-order valence-corrected chi connectivity index (χ0v) is 20.3. The number of carbonyl (C=O) groups is 1. The molecular weight excluding hydrogens is 416 g/mol. The van der Waals surface area contributed by atoms with Crippen molar-refractivity contribution < 1.29 is 19.0 Å². The quantitative estimate of drug-likeness (QED) is 0.573. The molecule has 0 aliphatic carbocycles. The second kappa shape index (κ2) is 9.96. The highest BCUT2D eigenvalue weighted by Crippen LogP contribution is 2.42. The van der Waals surface area contributed by atoms with Crippen LogP contribution in [-0.4, -0.2) is 62.1 Å². The number of aliphatic imine (C=N–C) groups is 1. The molecule has 176 valence electrons. The fraction of sp³-hybridized carbons (Fsp3) is 0.481. The smallest absolute Gasteiger partial charge is 0.338 e. The molecule has 0 amide bonds. The monoisotopic (exact) mass is 450 g/mol. The second-order valence-corrected chi connectivity index (χ2v) is 8.99. The molecule has 2 aliphatic heterocycles. The van der Waals surface area contributed by atoms with Crippen LogP contribution in [0, 0.1) is 0 Å². The van der Waals surface area contributed by atoms with E-state index < -0.39 is 0 Å². The van der Waals surface area contributed by atoms with Crippen molar-refractivity contribution in [2.75, 3.05) is 33.4 Å². The van der Waals surface area contributed by atoms with Gasteiger partial charge in [0.25, 0.3) is 0 Å². The Morgan fingerprint density at radius 3 is 2.39 bits per heavy atom. The number of hydrogen-bond acceptors (Lipinski definition) is 6. The van der Waals surface area contributed by atoms with Gasteiger partial charge in [0, 0.05) is 23.6 Å². The first-order valence-electron chi connectivity index (χ1n) is 11.9. The van der Waals surface area contributed by atoms with Crippen molar-refractivity contribution in [1.82, 2.24) is 4.90 Å². The summed E-state index contributed by atoms with van der Waals surface area (Å²) >= 11 is 0. The average molecular weight is 451 g/mol. The lowest BCUT2D eigenvalue weighted by Crippen LogP contribution is -2.41. The third-order valence-electron chi connectivity index (χ3n) is 6.18. The van der Waals surface area contributed by atoms with E-state index >= 15 is 0 Å². The standard InChI is InChI=1S/C27H34N2O4/c1-6-31-24-14-20-21(15-25(24)32-7-2)26(28-23-12-13-29(5)16-22(20)23)18-8-10-19(11-9-18)27(30)33-17(3)4/h8-11,14-15,17,22-23H,6-7,12-13,16H2,1-5H3/t22-,23-/m1/s1. The summed E-state index contributed by atoms with van der Waals surface area (Å²) in [5.74, 6) is 1.54. The fourth-order valence-electron chi connectivity index (χ4n) is 4.70. The summed E-state index contributed by atoms with van der Waals surface area (Å²) in [7, 11) is 2.17. The molecule has 1 saturated heterocycles. The van der Waals surface area contributed by atoms with Gasteiger partial charge < -0.3 is 19.1 Å². The zero-order chi connectivity index (χ0) is 23.5. The van der Waals surface area contributed by atoms with Crippen molar-refractivity contribution in [2.45, 2.75) is 52.2 Å². The van der Waals surface area contributed by atoms with Gasteiger partial charge in [0.15, 0.2) is 11.5 Å². The molecule has 2 aliphatic rings. The van der Waals surface area contributed by atoms with E-state index in [2.05, 4.69) is 24.1 Å². The van der Waals surface area contributed by atoms with Crippen LogP contribution in [0.2, 0.25) is 0 Å². The molecule has 6 nitrogen and oxygen atoms in total. The molecule has 2 aromatic carbocycles. The summed E-state index contributed by atoms with van der Waals surface area (Å²) in [4.78, 5) is 19.9. The minimum atomic E-state index is -0.307. The number of benzene rings is 2. The second-order valence-electron chi connectivity index (χ2n) is 8.99. The van der Waals surface area contributed by atoms with Crippen LogP contribution in [0.4, 0.5) is 0 Å². The predicted molar refractivity (Wildman–Crippen MR) is 130 cm³/mol. The summed E-state index contributed by atoms with van der Waals surface area (Å²) < 4.78 is 17.2. The predicted octanol–water partition coefficient (Wildman–Crippen LogP) is 4.69. The molecule has 0 unspecified atom stereocenters. The number of hydrogen-bond donors (Lipinski definition) is 0. The Kier molecular flexibility index (Phi) is 7.03. The van der Waals surface area contributed by atoms with Crippen LogP contribution in [-0.2, 0) is 4.74 Å². The van der Waals surface area contributed by atoms with Gasteiger partial charge in [-0.15, -0.1) is 0 Å². The van der Waals surface area contributed by atoms with Crippen LogP contribution in [0.1, 0.15) is 67.1 Å². The SMILES string of the molecule is CCOc1cc2c(cc1OCC)[C@H]1CN(C)CC[C@H]1N=C2c1ccc(C(=O)OC(C)C)cc1. The molecule has 6 heteroatoms. The molecule has 0 bridgehead atoms. The van der Waals surface area contributed by atoms with E-state index in [9.17, 15) is 4.79 Å². The van der Waals surface area contributed by atoms with Gasteiger partial charge in [-0.25, -0.2) is 4.79 Å². The van der Waals surface area contributed by atoms with Crippen LogP contribution in [0.15, 0.2) is 41.4 Å². The van der Waals surface area contributed by atoms with Crippen molar-refractivity contribution in [3.8, 4) is 11.5 Å². The van der Waals surface area contributed by atoms with Crippen molar-refractivity contribution in [3.63, 3.8) is 0 Å². The summed E-state index contributed by atoms with van der Waals surface area (Å²) in [6, 6.07) is 12.0. The number of esters is 1. The third-order valence-corrected chi connectivity index (χ3v) is 6.18. The average Bonchev–Trinajstić information content (AvgIpc) is 2.79. The molecule has 2 atom stereocenters. The van der Waals surface area contributed by atoms with E-state index in [1.54, 1.807) is 0 Å². The Hall–Kier alpha value is -2.86. The lowest BCUT2D eigenvalue weighted by atomic mass is 9.79. The molecule has 0 aromatic heterocycles. The van der Waals surface area contributed by atoms with Gasteiger partial charge in [0.1, 0.15) is 0 Å². The number of nitrogens with zero attached hydrogens (tertiary/aromatic N) is 2. The number of ether oxygens (including phenoxy) is 3. The molecule has 33 heavy (non-hydrogen) atoms. The molecule has 2 aromatic rings. The number of rotatable bonds is 7. The topological polar surface area (TPSA) is 60.4 Å². The number of fused-ring (bicyclic) bond motifs is 3. The van der Waals surface area contributed by atoms with Crippen molar-refractivity contribution in [2.24, 2.45) is 4.99 Å². The molecule has 0 N–H and O–H groups in total. The highest BCUT2D eigenvalue weighted by atomic mass is 16.5. The fourth-order valence-corrected chi connectivity index (χ4v) is 4.70. The Labute approximate surface area is 196 Å². The summed E-state index contributed by atoms with van der Waals surface area (Å²) in [5.41, 5.74) is 4.82. The minimum absolute atomic E-state index is 0.148. The van der Waals surface area contributed by atoms with Crippen LogP contribution in [0.3, 0.4) is 0 Å². The van der Waals surface area contributed by atoms with Crippen LogP contribution in [0.25, 0.3) is 0 Å². The Morgan fingerprint density at radius 1 is 1.09 bits per heavy atom. The highest BCUT2D eigenvalue weighted by molar-refractivity contribution is 6.15. The Bertz CT molecular complexity index is 1030. The van der Waals surface area contributed by atoms with E-state index in [4.69, 9.17) is 19.2 Å². The van der Waals surface area contributed by atoms with Crippen LogP contribution in [0.5, 0.6) is 11.5 Å². The largest absolute Gasteiger partial charge is 0.490 e. The van der Waals surface area contributed by atoms with Gasteiger partial charge in [0.05, 0.1) is 36.6 Å². The minimum Gasteiger partial charge on any atom is -0.490 e. The zero-order valence-electron chi connectivity index (χ0n) is 20.3. The molecule has 4 rings (SSSR count). The first-order chi connectivity index (χ1) is 15.9. The normalized spacial score (nSPS) is 20.0. The number of likely N-dealkylation sites (tertiary alicyclic amines) is 1.